The Labute approximate surface area is 146 Å². The second-order valence-corrected chi connectivity index (χ2v) is 5.54. The highest BCUT2D eigenvalue weighted by Gasteiger charge is 2.10. The summed E-state index contributed by atoms with van der Waals surface area (Å²) in [6.45, 7) is -2.93. The van der Waals surface area contributed by atoms with E-state index in [0.717, 1.165) is 4.47 Å². The molecular weight excluding hydrogens is 384 g/mol. The van der Waals surface area contributed by atoms with E-state index in [9.17, 15) is 13.6 Å². The average molecular weight is 398 g/mol. The predicted octanol–water partition coefficient (Wildman–Crippen LogP) is 4.71. The molecule has 24 heavy (non-hydrogen) atoms. The van der Waals surface area contributed by atoms with E-state index >= 15 is 0 Å². The molecular formula is C17H14BrF2NO3. The summed E-state index contributed by atoms with van der Waals surface area (Å²) in [7, 11) is 1.35. The lowest BCUT2D eigenvalue weighted by molar-refractivity contribution is -0.111. The average Bonchev–Trinajstić information content (AvgIpc) is 2.53. The first-order valence-electron chi connectivity index (χ1n) is 6.85. The molecule has 2 aromatic rings. The number of nitrogens with one attached hydrogen (secondary N) is 1. The normalized spacial score (nSPS) is 10.9. The topological polar surface area (TPSA) is 47.6 Å². The fourth-order valence-electron chi connectivity index (χ4n) is 1.90. The van der Waals surface area contributed by atoms with Crippen LogP contribution in [-0.2, 0) is 4.79 Å². The van der Waals surface area contributed by atoms with Crippen LogP contribution in [0.4, 0.5) is 14.5 Å². The van der Waals surface area contributed by atoms with Gasteiger partial charge < -0.3 is 14.8 Å². The van der Waals surface area contributed by atoms with Crippen LogP contribution in [0.1, 0.15) is 5.56 Å². The Balaban J connectivity index is 2.06. The summed E-state index contributed by atoms with van der Waals surface area (Å²) in [4.78, 5) is 11.9. The molecule has 0 heterocycles. The molecule has 4 nitrogen and oxygen atoms in total. The summed E-state index contributed by atoms with van der Waals surface area (Å²) < 4.78 is 34.8. The largest absolute Gasteiger partial charge is 0.493 e. The minimum absolute atomic E-state index is 0.0664. The third kappa shape index (κ3) is 5.34. The maximum atomic E-state index is 12.3. The maximum Gasteiger partial charge on any atom is 0.387 e. The lowest BCUT2D eigenvalue weighted by Crippen LogP contribution is -2.07. The number of anilines is 1. The number of rotatable bonds is 6. The summed E-state index contributed by atoms with van der Waals surface area (Å²) in [5.74, 6) is -0.229. The summed E-state index contributed by atoms with van der Waals surface area (Å²) in [6.07, 6.45) is 2.88. The van der Waals surface area contributed by atoms with E-state index in [0.29, 0.717) is 11.3 Å². The molecule has 0 radical (unpaired) electrons. The fourth-order valence-corrected chi connectivity index (χ4v) is 2.30. The number of benzene rings is 2. The monoisotopic (exact) mass is 397 g/mol. The zero-order chi connectivity index (χ0) is 17.5. The number of hydrogen-bond donors (Lipinski definition) is 1. The van der Waals surface area contributed by atoms with Crippen molar-refractivity contribution in [2.24, 2.45) is 0 Å². The Bertz CT molecular complexity index is 750. The van der Waals surface area contributed by atoms with Crippen LogP contribution in [0.3, 0.4) is 0 Å². The number of carbonyl (C=O) groups is 1. The van der Waals surface area contributed by atoms with Crippen LogP contribution in [0.5, 0.6) is 11.5 Å². The number of ether oxygens (including phenoxy) is 2. The van der Waals surface area contributed by atoms with Crippen molar-refractivity contribution in [3.05, 3.63) is 58.6 Å². The van der Waals surface area contributed by atoms with Gasteiger partial charge in [0.05, 0.1) is 7.11 Å². The second kappa shape index (κ2) is 8.44. The number of methoxy groups -OCH3 is 1. The van der Waals surface area contributed by atoms with Gasteiger partial charge in [-0.2, -0.15) is 8.78 Å². The van der Waals surface area contributed by atoms with E-state index in [2.05, 4.69) is 26.0 Å². The van der Waals surface area contributed by atoms with Gasteiger partial charge in [0.15, 0.2) is 11.5 Å². The van der Waals surface area contributed by atoms with Gasteiger partial charge in [0.25, 0.3) is 0 Å². The summed E-state index contributed by atoms with van der Waals surface area (Å²) in [5, 5.41) is 2.71. The Morgan fingerprint density at radius 3 is 2.67 bits per heavy atom. The first kappa shape index (κ1) is 17.9. The van der Waals surface area contributed by atoms with Crippen LogP contribution in [0.2, 0.25) is 0 Å². The summed E-state index contributed by atoms with van der Waals surface area (Å²) >= 11 is 3.32. The first-order chi connectivity index (χ1) is 11.5. The second-order valence-electron chi connectivity index (χ2n) is 4.62. The van der Waals surface area contributed by atoms with Gasteiger partial charge in [-0.25, -0.2) is 0 Å². The predicted molar refractivity (Wildman–Crippen MR) is 91.4 cm³/mol. The van der Waals surface area contributed by atoms with E-state index in [4.69, 9.17) is 4.74 Å². The van der Waals surface area contributed by atoms with Crippen molar-refractivity contribution in [3.8, 4) is 11.5 Å². The molecule has 2 rings (SSSR count). The first-order valence-corrected chi connectivity index (χ1v) is 7.64. The van der Waals surface area contributed by atoms with Gasteiger partial charge >= 0.3 is 6.61 Å². The number of carbonyl (C=O) groups excluding carboxylic acids is 1. The molecule has 0 unspecified atom stereocenters. The Hall–Kier alpha value is -2.41. The van der Waals surface area contributed by atoms with Crippen molar-refractivity contribution >= 4 is 33.6 Å². The lowest BCUT2D eigenvalue weighted by atomic mass is 10.2. The Morgan fingerprint density at radius 1 is 1.21 bits per heavy atom. The number of halogens is 3. The molecule has 0 aliphatic heterocycles. The molecule has 0 fully saturated rings. The van der Waals surface area contributed by atoms with Gasteiger partial charge in [-0.15, -0.1) is 0 Å². The number of hydrogen-bond acceptors (Lipinski definition) is 3. The van der Waals surface area contributed by atoms with Gasteiger partial charge in [0.2, 0.25) is 5.91 Å². The van der Waals surface area contributed by atoms with Gasteiger partial charge in [0, 0.05) is 16.2 Å². The molecule has 0 saturated carbocycles. The van der Waals surface area contributed by atoms with E-state index in [1.165, 1.54) is 25.3 Å². The van der Waals surface area contributed by atoms with Crippen molar-refractivity contribution < 1.29 is 23.0 Å². The van der Waals surface area contributed by atoms with Gasteiger partial charge in [-0.05, 0) is 42.0 Å². The van der Waals surface area contributed by atoms with Crippen molar-refractivity contribution in [2.75, 3.05) is 12.4 Å². The third-order valence-electron chi connectivity index (χ3n) is 2.92. The highest BCUT2D eigenvalue weighted by Crippen LogP contribution is 2.29. The Morgan fingerprint density at radius 2 is 2.00 bits per heavy atom. The maximum absolute atomic E-state index is 12.3. The summed E-state index contributed by atoms with van der Waals surface area (Å²) in [5.41, 5.74) is 1.26. The minimum atomic E-state index is -2.93. The van der Waals surface area contributed by atoms with Gasteiger partial charge in [0.1, 0.15) is 0 Å². The van der Waals surface area contributed by atoms with Crippen LogP contribution in [0, 0.1) is 0 Å². The fraction of sp³-hybridized carbons (Fsp3) is 0.118. The summed E-state index contributed by atoms with van der Waals surface area (Å²) in [6, 6.07) is 11.6. The van der Waals surface area contributed by atoms with Crippen molar-refractivity contribution in [2.45, 2.75) is 6.61 Å². The van der Waals surface area contributed by atoms with E-state index in [1.54, 1.807) is 30.3 Å². The van der Waals surface area contributed by atoms with E-state index < -0.39 is 6.61 Å². The molecule has 1 N–H and O–H groups in total. The van der Waals surface area contributed by atoms with Crippen LogP contribution in [0.25, 0.3) is 6.08 Å². The third-order valence-corrected chi connectivity index (χ3v) is 3.42. The smallest absolute Gasteiger partial charge is 0.387 e. The van der Waals surface area contributed by atoms with Crippen molar-refractivity contribution in [1.29, 1.82) is 0 Å². The molecule has 126 valence electrons. The number of amides is 1. The highest BCUT2D eigenvalue weighted by atomic mass is 79.9. The van der Waals surface area contributed by atoms with E-state index in [-0.39, 0.29) is 17.4 Å². The molecule has 0 saturated heterocycles. The minimum Gasteiger partial charge on any atom is -0.493 e. The molecule has 0 atom stereocenters. The van der Waals surface area contributed by atoms with Gasteiger partial charge in [-0.3, -0.25) is 4.79 Å². The molecule has 0 spiro atoms. The Kier molecular flexibility index (Phi) is 6.31. The van der Waals surface area contributed by atoms with Crippen molar-refractivity contribution in [3.63, 3.8) is 0 Å². The zero-order valence-electron chi connectivity index (χ0n) is 12.6. The highest BCUT2D eigenvalue weighted by molar-refractivity contribution is 9.10. The molecule has 0 aliphatic rings. The molecule has 0 bridgehead atoms. The van der Waals surface area contributed by atoms with Crippen LogP contribution >= 0.6 is 15.9 Å². The standard InChI is InChI=1S/C17H14BrF2NO3/c1-23-15-9-11(5-7-14(15)24-17(19)20)6-8-16(22)21-13-4-2-3-12(18)10-13/h2-10,17H,1H3,(H,21,22)/b8-6+. The van der Waals surface area contributed by atoms with Gasteiger partial charge in [-0.1, -0.05) is 28.1 Å². The van der Waals surface area contributed by atoms with Crippen LogP contribution in [-0.4, -0.2) is 19.6 Å². The van der Waals surface area contributed by atoms with Crippen LogP contribution in [0.15, 0.2) is 53.0 Å². The molecule has 0 aromatic heterocycles. The SMILES string of the molecule is COc1cc(/C=C/C(=O)Nc2cccc(Br)c2)ccc1OC(F)F. The quantitative estimate of drug-likeness (QED) is 0.717. The molecule has 2 aromatic carbocycles. The lowest BCUT2D eigenvalue weighted by Gasteiger charge is -2.10. The van der Waals surface area contributed by atoms with E-state index in [1.807, 2.05) is 6.07 Å². The zero-order valence-corrected chi connectivity index (χ0v) is 14.2. The van der Waals surface area contributed by atoms with Crippen LogP contribution < -0.4 is 14.8 Å². The van der Waals surface area contributed by atoms with Crippen molar-refractivity contribution in [1.82, 2.24) is 0 Å². The molecule has 0 aliphatic carbocycles. The number of alkyl halides is 2. The molecule has 1 amide bonds. The molecule has 7 heteroatoms.